The maximum atomic E-state index is 13.2. The fourth-order valence-electron chi connectivity index (χ4n) is 1.07. The number of benzene rings is 1. The Hall–Kier alpha value is -1.08. The summed E-state index contributed by atoms with van der Waals surface area (Å²) in [6, 6.07) is 2.22. The maximum Gasteiger partial charge on any atom is 0.147 e. The van der Waals surface area contributed by atoms with E-state index in [-0.39, 0.29) is 10.2 Å². The molecule has 0 fully saturated rings. The number of nitrogens with one attached hydrogen (secondary N) is 1. The van der Waals surface area contributed by atoms with Crippen molar-refractivity contribution in [1.29, 1.82) is 0 Å². The third kappa shape index (κ3) is 3.52. The summed E-state index contributed by atoms with van der Waals surface area (Å²) in [4.78, 5) is 0. The number of hydrogen-bond acceptors (Lipinski definition) is 1. The molecule has 1 aromatic carbocycles. The van der Waals surface area contributed by atoms with Crippen LogP contribution in [0.25, 0.3) is 0 Å². The van der Waals surface area contributed by atoms with E-state index in [1.807, 2.05) is 0 Å². The second-order valence-electron chi connectivity index (χ2n) is 2.98. The first-order valence-corrected chi connectivity index (χ1v) is 5.26. The van der Waals surface area contributed by atoms with Gasteiger partial charge in [-0.25, -0.2) is 8.78 Å². The summed E-state index contributed by atoms with van der Waals surface area (Å²) in [7, 11) is 0. The van der Waals surface area contributed by atoms with Crippen LogP contribution in [0.2, 0.25) is 0 Å². The number of hydrogen-bond donors (Lipinski definition) is 1. The lowest BCUT2D eigenvalue weighted by atomic mass is 10.2. The fourth-order valence-corrected chi connectivity index (χ4v) is 1.39. The highest BCUT2D eigenvalue weighted by atomic mass is 79.9. The molecule has 1 aromatic rings. The molecule has 4 heteroatoms. The van der Waals surface area contributed by atoms with Crippen LogP contribution in [0.1, 0.15) is 12.8 Å². The van der Waals surface area contributed by atoms with E-state index in [1.54, 1.807) is 0 Å². The van der Waals surface area contributed by atoms with Crippen molar-refractivity contribution in [1.82, 2.24) is 0 Å². The summed E-state index contributed by atoms with van der Waals surface area (Å²) in [5.41, 5.74) is 0.160. The summed E-state index contributed by atoms with van der Waals surface area (Å²) < 4.78 is 26.4. The van der Waals surface area contributed by atoms with Crippen molar-refractivity contribution in [2.24, 2.45) is 0 Å². The molecule has 1 nitrogen and oxygen atoms in total. The fraction of sp³-hybridized carbons (Fsp3) is 0.273. The smallest absolute Gasteiger partial charge is 0.147 e. The molecule has 0 atom stereocenters. The molecule has 0 aliphatic heterocycles. The van der Waals surface area contributed by atoms with E-state index in [2.05, 4.69) is 27.2 Å². The highest BCUT2D eigenvalue weighted by Crippen LogP contribution is 2.23. The lowest BCUT2D eigenvalue weighted by Gasteiger charge is -2.07. The molecule has 0 aromatic heterocycles. The SMILES string of the molecule is C#CCCCNc1cc(F)c(Br)cc1F. The molecule has 0 bridgehead atoms. The molecular weight excluding hydrogens is 264 g/mol. The Labute approximate surface area is 96.0 Å². The molecule has 0 heterocycles. The van der Waals surface area contributed by atoms with Crippen LogP contribution in [0.5, 0.6) is 0 Å². The third-order valence-corrected chi connectivity index (χ3v) is 2.43. The quantitative estimate of drug-likeness (QED) is 0.503. The van der Waals surface area contributed by atoms with Gasteiger partial charge in [0, 0.05) is 19.0 Å². The summed E-state index contributed by atoms with van der Waals surface area (Å²) in [5.74, 6) is 1.50. The zero-order chi connectivity index (χ0) is 11.3. The second-order valence-corrected chi connectivity index (χ2v) is 3.83. The number of halogens is 3. The Bertz CT molecular complexity index is 385. The van der Waals surface area contributed by atoms with E-state index in [9.17, 15) is 8.78 Å². The van der Waals surface area contributed by atoms with Crippen molar-refractivity contribution >= 4 is 21.6 Å². The van der Waals surface area contributed by atoms with E-state index in [4.69, 9.17) is 6.42 Å². The van der Waals surface area contributed by atoms with Crippen LogP contribution in [0.15, 0.2) is 16.6 Å². The minimum absolute atomic E-state index is 0.120. The Morgan fingerprint density at radius 3 is 2.73 bits per heavy atom. The van der Waals surface area contributed by atoms with E-state index >= 15 is 0 Å². The Morgan fingerprint density at radius 2 is 2.07 bits per heavy atom. The largest absolute Gasteiger partial charge is 0.383 e. The van der Waals surface area contributed by atoms with E-state index in [0.717, 1.165) is 18.6 Å². The van der Waals surface area contributed by atoms with Gasteiger partial charge in [0.15, 0.2) is 0 Å². The summed E-state index contributed by atoms with van der Waals surface area (Å²) in [6.07, 6.45) is 6.41. The predicted octanol–water partition coefficient (Wildman–Crippen LogP) is 3.55. The van der Waals surface area contributed by atoms with Crippen molar-refractivity contribution in [3.05, 3.63) is 28.2 Å². The lowest BCUT2D eigenvalue weighted by molar-refractivity contribution is 0.596. The van der Waals surface area contributed by atoms with Crippen molar-refractivity contribution in [3.8, 4) is 12.3 Å². The van der Waals surface area contributed by atoms with Crippen molar-refractivity contribution in [2.45, 2.75) is 12.8 Å². The molecule has 1 rings (SSSR count). The van der Waals surface area contributed by atoms with Crippen LogP contribution in [0.4, 0.5) is 14.5 Å². The Balaban J connectivity index is 2.62. The third-order valence-electron chi connectivity index (χ3n) is 1.82. The van der Waals surface area contributed by atoms with E-state index in [0.29, 0.717) is 13.0 Å². The van der Waals surface area contributed by atoms with Gasteiger partial charge < -0.3 is 5.32 Å². The topological polar surface area (TPSA) is 12.0 Å². The first-order valence-electron chi connectivity index (χ1n) is 4.47. The summed E-state index contributed by atoms with van der Waals surface area (Å²) in [5, 5.41) is 2.78. The van der Waals surface area contributed by atoms with Gasteiger partial charge in [-0.15, -0.1) is 12.3 Å². The number of terminal acetylenes is 1. The molecule has 80 valence electrons. The van der Waals surface area contributed by atoms with Crippen LogP contribution in [-0.2, 0) is 0 Å². The molecule has 0 saturated heterocycles. The summed E-state index contributed by atoms with van der Waals surface area (Å²) >= 11 is 2.90. The first-order chi connectivity index (χ1) is 7.15. The lowest BCUT2D eigenvalue weighted by Crippen LogP contribution is -2.03. The molecule has 0 aliphatic rings. The first kappa shape index (κ1) is 12.0. The van der Waals surface area contributed by atoms with Gasteiger partial charge in [0.2, 0.25) is 0 Å². The molecule has 0 unspecified atom stereocenters. The molecule has 0 spiro atoms. The van der Waals surface area contributed by atoms with Crippen molar-refractivity contribution in [2.75, 3.05) is 11.9 Å². The predicted molar refractivity (Wildman–Crippen MR) is 60.6 cm³/mol. The Morgan fingerprint density at radius 1 is 1.33 bits per heavy atom. The van der Waals surface area contributed by atoms with Gasteiger partial charge in [0.25, 0.3) is 0 Å². The second kappa shape index (κ2) is 5.72. The van der Waals surface area contributed by atoms with Crippen molar-refractivity contribution in [3.63, 3.8) is 0 Å². The van der Waals surface area contributed by atoms with Gasteiger partial charge in [0.1, 0.15) is 11.6 Å². The van der Waals surface area contributed by atoms with Gasteiger partial charge in [-0.05, 0) is 28.4 Å². The van der Waals surface area contributed by atoms with Gasteiger partial charge in [-0.3, -0.25) is 0 Å². The van der Waals surface area contributed by atoms with Gasteiger partial charge in [-0.2, -0.15) is 0 Å². The number of rotatable bonds is 4. The highest BCUT2D eigenvalue weighted by molar-refractivity contribution is 9.10. The Kier molecular flexibility index (Phi) is 4.57. The average Bonchev–Trinajstić information content (AvgIpc) is 2.20. The van der Waals surface area contributed by atoms with Gasteiger partial charge in [-0.1, -0.05) is 0 Å². The standard InChI is InChI=1S/C11H10BrF2N/c1-2-3-4-5-15-11-7-9(13)8(12)6-10(11)14/h1,6-7,15H,3-5H2. The minimum atomic E-state index is -0.490. The summed E-state index contributed by atoms with van der Waals surface area (Å²) in [6.45, 7) is 0.530. The molecule has 0 amide bonds. The molecule has 0 aliphatic carbocycles. The zero-order valence-electron chi connectivity index (χ0n) is 7.99. The van der Waals surface area contributed by atoms with Crippen LogP contribution in [0, 0.1) is 24.0 Å². The maximum absolute atomic E-state index is 13.2. The molecule has 0 saturated carbocycles. The monoisotopic (exact) mass is 273 g/mol. The van der Waals surface area contributed by atoms with Crippen LogP contribution >= 0.6 is 15.9 Å². The zero-order valence-corrected chi connectivity index (χ0v) is 9.57. The number of anilines is 1. The number of unbranched alkanes of at least 4 members (excludes halogenated alkanes) is 1. The minimum Gasteiger partial charge on any atom is -0.383 e. The molecule has 1 N–H and O–H groups in total. The van der Waals surface area contributed by atoms with Gasteiger partial charge >= 0.3 is 0 Å². The van der Waals surface area contributed by atoms with Crippen molar-refractivity contribution < 1.29 is 8.78 Å². The van der Waals surface area contributed by atoms with Crippen LogP contribution in [0.3, 0.4) is 0 Å². The normalized spacial score (nSPS) is 9.73. The van der Waals surface area contributed by atoms with Crippen LogP contribution < -0.4 is 5.32 Å². The van der Waals surface area contributed by atoms with Gasteiger partial charge in [0.05, 0.1) is 10.2 Å². The van der Waals surface area contributed by atoms with E-state index < -0.39 is 11.6 Å². The molecular formula is C11H10BrF2N. The average molecular weight is 274 g/mol. The molecule has 15 heavy (non-hydrogen) atoms. The highest BCUT2D eigenvalue weighted by Gasteiger charge is 2.07. The van der Waals surface area contributed by atoms with E-state index in [1.165, 1.54) is 0 Å². The molecule has 0 radical (unpaired) electrons. The van der Waals surface area contributed by atoms with Crippen LogP contribution in [-0.4, -0.2) is 6.54 Å².